The van der Waals surface area contributed by atoms with Crippen LogP contribution < -0.4 is 5.32 Å². The van der Waals surface area contributed by atoms with E-state index in [2.05, 4.69) is 20.5 Å². The summed E-state index contributed by atoms with van der Waals surface area (Å²) in [5, 5.41) is 12.6. The molecular formula is C11H10Cl2N4OS. The lowest BCUT2D eigenvalue weighted by Gasteiger charge is -2.07. The van der Waals surface area contributed by atoms with Crippen LogP contribution in [0.25, 0.3) is 0 Å². The average molecular weight is 317 g/mol. The standard InChI is InChI=1S/C11H10Cl2N4OS/c1-5-7(3-8(12)15-10(5)13)11(18)14-4-9-17-16-6(2)19-9/h3H,4H2,1-2H3,(H,14,18). The zero-order chi connectivity index (χ0) is 14.0. The van der Waals surface area contributed by atoms with Crippen molar-refractivity contribution in [2.75, 3.05) is 0 Å². The molecule has 2 heterocycles. The molecule has 2 aromatic rings. The van der Waals surface area contributed by atoms with E-state index >= 15 is 0 Å². The van der Waals surface area contributed by atoms with E-state index in [9.17, 15) is 4.79 Å². The predicted octanol–water partition coefficient (Wildman–Crippen LogP) is 2.79. The lowest BCUT2D eigenvalue weighted by molar-refractivity contribution is 0.0950. The Balaban J connectivity index is 2.12. The molecule has 100 valence electrons. The smallest absolute Gasteiger partial charge is 0.252 e. The third-order valence-electron chi connectivity index (χ3n) is 2.39. The van der Waals surface area contributed by atoms with Crippen molar-refractivity contribution in [3.63, 3.8) is 0 Å². The van der Waals surface area contributed by atoms with Crippen LogP contribution in [-0.2, 0) is 6.54 Å². The van der Waals surface area contributed by atoms with Gasteiger partial charge in [0.05, 0.1) is 6.54 Å². The monoisotopic (exact) mass is 316 g/mol. The molecule has 1 N–H and O–H groups in total. The van der Waals surface area contributed by atoms with Gasteiger partial charge >= 0.3 is 0 Å². The first kappa shape index (κ1) is 14.2. The van der Waals surface area contributed by atoms with E-state index in [1.165, 1.54) is 17.4 Å². The molecule has 0 fully saturated rings. The van der Waals surface area contributed by atoms with Crippen LogP contribution in [0, 0.1) is 13.8 Å². The maximum Gasteiger partial charge on any atom is 0.252 e. The van der Waals surface area contributed by atoms with Gasteiger partial charge in [-0.3, -0.25) is 4.79 Å². The fourth-order valence-electron chi connectivity index (χ4n) is 1.44. The van der Waals surface area contributed by atoms with Gasteiger partial charge < -0.3 is 5.32 Å². The average Bonchev–Trinajstić information content (AvgIpc) is 2.76. The number of nitrogens with one attached hydrogen (secondary N) is 1. The molecule has 1 amide bonds. The lowest BCUT2D eigenvalue weighted by atomic mass is 10.1. The highest BCUT2D eigenvalue weighted by Gasteiger charge is 2.14. The van der Waals surface area contributed by atoms with Gasteiger partial charge in [0.25, 0.3) is 5.91 Å². The molecule has 8 heteroatoms. The van der Waals surface area contributed by atoms with Crippen LogP contribution in [-0.4, -0.2) is 21.1 Å². The fraction of sp³-hybridized carbons (Fsp3) is 0.273. The summed E-state index contributed by atoms with van der Waals surface area (Å²) in [6, 6.07) is 1.49. The zero-order valence-corrected chi connectivity index (χ0v) is 12.5. The van der Waals surface area contributed by atoms with Crippen LogP contribution in [0.2, 0.25) is 10.3 Å². The molecule has 0 saturated carbocycles. The third-order valence-corrected chi connectivity index (χ3v) is 3.79. The highest BCUT2D eigenvalue weighted by Crippen LogP contribution is 2.21. The van der Waals surface area contributed by atoms with Crippen molar-refractivity contribution in [1.29, 1.82) is 0 Å². The highest BCUT2D eigenvalue weighted by molar-refractivity contribution is 7.11. The Morgan fingerprint density at radius 2 is 2.11 bits per heavy atom. The largest absolute Gasteiger partial charge is 0.345 e. The number of hydrogen-bond acceptors (Lipinski definition) is 5. The molecule has 19 heavy (non-hydrogen) atoms. The summed E-state index contributed by atoms with van der Waals surface area (Å²) in [6.07, 6.45) is 0. The van der Waals surface area contributed by atoms with Crippen LogP contribution in [0.1, 0.15) is 25.9 Å². The minimum absolute atomic E-state index is 0.188. The van der Waals surface area contributed by atoms with E-state index in [-0.39, 0.29) is 16.2 Å². The van der Waals surface area contributed by atoms with Gasteiger partial charge in [-0.05, 0) is 25.5 Å². The van der Waals surface area contributed by atoms with Gasteiger partial charge in [0, 0.05) is 5.56 Å². The van der Waals surface area contributed by atoms with Crippen LogP contribution in [0.15, 0.2) is 6.07 Å². The lowest BCUT2D eigenvalue weighted by Crippen LogP contribution is -2.23. The van der Waals surface area contributed by atoms with Crippen LogP contribution in [0.5, 0.6) is 0 Å². The summed E-state index contributed by atoms with van der Waals surface area (Å²) in [5.41, 5.74) is 1.00. The summed E-state index contributed by atoms with van der Waals surface area (Å²) >= 11 is 13.1. The number of rotatable bonds is 3. The molecule has 0 spiro atoms. The number of halogens is 2. The summed E-state index contributed by atoms with van der Waals surface area (Å²) < 4.78 is 0. The molecule has 5 nitrogen and oxygen atoms in total. The molecule has 0 aliphatic heterocycles. The van der Waals surface area contributed by atoms with Gasteiger partial charge in [-0.15, -0.1) is 10.2 Å². The molecule has 0 unspecified atom stereocenters. The Kier molecular flexibility index (Phi) is 4.34. The van der Waals surface area contributed by atoms with E-state index in [0.717, 1.165) is 10.0 Å². The Bertz CT molecular complexity index is 629. The first-order valence-corrected chi connectivity index (χ1v) is 6.94. The van der Waals surface area contributed by atoms with Crippen LogP contribution in [0.3, 0.4) is 0 Å². The van der Waals surface area contributed by atoms with Gasteiger partial charge in [0.2, 0.25) is 0 Å². The van der Waals surface area contributed by atoms with Gasteiger partial charge in [-0.25, -0.2) is 4.98 Å². The molecule has 0 bridgehead atoms. The third kappa shape index (κ3) is 3.40. The van der Waals surface area contributed by atoms with Gasteiger partial charge in [0.15, 0.2) is 0 Å². The van der Waals surface area contributed by atoms with Crippen molar-refractivity contribution in [1.82, 2.24) is 20.5 Å². The number of amides is 1. The van der Waals surface area contributed by atoms with Crippen LogP contribution in [0.4, 0.5) is 0 Å². The number of nitrogens with zero attached hydrogens (tertiary/aromatic N) is 3. The Morgan fingerprint density at radius 3 is 2.74 bits per heavy atom. The summed E-state index contributed by atoms with van der Waals surface area (Å²) in [7, 11) is 0. The molecule has 2 rings (SSSR count). The van der Waals surface area contributed by atoms with Crippen LogP contribution >= 0.6 is 34.5 Å². The topological polar surface area (TPSA) is 67.8 Å². The van der Waals surface area contributed by atoms with Crippen molar-refractivity contribution in [3.8, 4) is 0 Å². The van der Waals surface area contributed by atoms with Crippen molar-refractivity contribution < 1.29 is 4.79 Å². The number of carbonyl (C=O) groups is 1. The normalized spacial score (nSPS) is 10.5. The van der Waals surface area contributed by atoms with E-state index in [0.29, 0.717) is 17.7 Å². The van der Waals surface area contributed by atoms with E-state index < -0.39 is 0 Å². The second-order valence-electron chi connectivity index (χ2n) is 3.81. The van der Waals surface area contributed by atoms with Crippen molar-refractivity contribution in [2.24, 2.45) is 0 Å². The predicted molar refractivity (Wildman–Crippen MR) is 74.8 cm³/mol. The molecule has 2 aromatic heterocycles. The quantitative estimate of drug-likeness (QED) is 0.884. The number of carbonyl (C=O) groups excluding carboxylic acids is 1. The summed E-state index contributed by atoms with van der Waals surface area (Å²) in [5.74, 6) is -0.267. The maximum absolute atomic E-state index is 12.1. The highest BCUT2D eigenvalue weighted by atomic mass is 35.5. The Labute approximate surface area is 124 Å². The summed E-state index contributed by atoms with van der Waals surface area (Å²) in [6.45, 7) is 3.90. The first-order chi connectivity index (χ1) is 8.97. The first-order valence-electron chi connectivity index (χ1n) is 5.37. The van der Waals surface area contributed by atoms with Crippen molar-refractivity contribution in [2.45, 2.75) is 20.4 Å². The molecule has 0 aliphatic carbocycles. The van der Waals surface area contributed by atoms with Crippen molar-refractivity contribution >= 4 is 40.4 Å². The second kappa shape index (κ2) is 5.81. The SMILES string of the molecule is Cc1nnc(CNC(=O)c2cc(Cl)nc(Cl)c2C)s1. The van der Waals surface area contributed by atoms with Gasteiger partial charge in [0.1, 0.15) is 20.3 Å². The van der Waals surface area contributed by atoms with Gasteiger partial charge in [-0.1, -0.05) is 34.5 Å². The molecule has 0 radical (unpaired) electrons. The number of pyridine rings is 1. The summed E-state index contributed by atoms with van der Waals surface area (Å²) in [4.78, 5) is 15.9. The molecule has 0 aromatic carbocycles. The minimum atomic E-state index is -0.267. The Morgan fingerprint density at radius 1 is 1.37 bits per heavy atom. The van der Waals surface area contributed by atoms with E-state index in [1.807, 2.05) is 6.92 Å². The number of aromatic nitrogens is 3. The fourth-order valence-corrected chi connectivity index (χ4v) is 2.52. The van der Waals surface area contributed by atoms with Crippen molar-refractivity contribution in [3.05, 3.63) is 37.5 Å². The molecule has 0 atom stereocenters. The zero-order valence-electron chi connectivity index (χ0n) is 10.2. The number of hydrogen-bond donors (Lipinski definition) is 1. The number of aryl methyl sites for hydroxylation is 1. The second-order valence-corrected chi connectivity index (χ2v) is 5.82. The molecular weight excluding hydrogens is 307 g/mol. The molecule has 0 aliphatic rings. The van der Waals surface area contributed by atoms with E-state index in [4.69, 9.17) is 23.2 Å². The van der Waals surface area contributed by atoms with Gasteiger partial charge in [-0.2, -0.15) is 0 Å². The Hall–Kier alpha value is -1.24. The minimum Gasteiger partial charge on any atom is -0.345 e. The van der Waals surface area contributed by atoms with E-state index in [1.54, 1.807) is 6.92 Å². The molecule has 0 saturated heterocycles. The maximum atomic E-state index is 12.1.